The average Bonchev–Trinajstić information content (AvgIpc) is 2.32. The standard InChI is InChI=1S/C15H15NO/c1-11-5-4-6-14(9-11)13(3)17-15-7-8-16-10-12(15)2/h4-10H,3H2,1-2H3. The first kappa shape index (κ1) is 11.4. The van der Waals surface area contributed by atoms with Crippen molar-refractivity contribution in [1.29, 1.82) is 0 Å². The molecule has 0 spiro atoms. The maximum absolute atomic E-state index is 5.75. The maximum atomic E-state index is 5.75. The molecular weight excluding hydrogens is 210 g/mol. The molecule has 0 fully saturated rings. The predicted molar refractivity (Wildman–Crippen MR) is 69.8 cm³/mol. The van der Waals surface area contributed by atoms with Crippen LogP contribution in [0, 0.1) is 13.8 Å². The van der Waals surface area contributed by atoms with Crippen LogP contribution in [0.25, 0.3) is 5.76 Å². The molecule has 0 unspecified atom stereocenters. The second-order valence-electron chi connectivity index (χ2n) is 4.04. The van der Waals surface area contributed by atoms with Crippen LogP contribution in [0.1, 0.15) is 16.7 Å². The highest BCUT2D eigenvalue weighted by atomic mass is 16.5. The second kappa shape index (κ2) is 4.83. The van der Waals surface area contributed by atoms with E-state index in [1.54, 1.807) is 12.4 Å². The molecule has 0 amide bonds. The van der Waals surface area contributed by atoms with Crippen molar-refractivity contribution in [3.63, 3.8) is 0 Å². The van der Waals surface area contributed by atoms with Crippen molar-refractivity contribution in [2.45, 2.75) is 13.8 Å². The minimum atomic E-state index is 0.656. The Kier molecular flexibility index (Phi) is 3.24. The third kappa shape index (κ3) is 2.72. The van der Waals surface area contributed by atoms with Gasteiger partial charge in [0, 0.05) is 23.5 Å². The third-order valence-corrected chi connectivity index (χ3v) is 2.54. The summed E-state index contributed by atoms with van der Waals surface area (Å²) in [6.07, 6.45) is 3.49. The number of hydrogen-bond donors (Lipinski definition) is 0. The highest BCUT2D eigenvalue weighted by Crippen LogP contribution is 2.22. The minimum Gasteiger partial charge on any atom is -0.457 e. The molecule has 0 N–H and O–H groups in total. The molecule has 0 saturated heterocycles. The van der Waals surface area contributed by atoms with Gasteiger partial charge in [-0.25, -0.2) is 0 Å². The lowest BCUT2D eigenvalue weighted by molar-refractivity contribution is 0.511. The molecule has 86 valence electrons. The molecule has 1 aromatic heterocycles. The van der Waals surface area contributed by atoms with E-state index in [9.17, 15) is 0 Å². The number of ether oxygens (including phenoxy) is 1. The largest absolute Gasteiger partial charge is 0.457 e. The molecule has 0 aliphatic heterocycles. The molecule has 0 radical (unpaired) electrons. The Morgan fingerprint density at radius 3 is 2.76 bits per heavy atom. The van der Waals surface area contributed by atoms with Crippen molar-refractivity contribution in [2.75, 3.05) is 0 Å². The zero-order valence-corrected chi connectivity index (χ0v) is 10.1. The molecule has 0 aliphatic carbocycles. The Bertz CT molecular complexity index is 546. The molecule has 2 rings (SSSR count). The number of hydrogen-bond acceptors (Lipinski definition) is 2. The van der Waals surface area contributed by atoms with Crippen molar-refractivity contribution in [3.8, 4) is 5.75 Å². The van der Waals surface area contributed by atoms with Crippen LogP contribution in [-0.4, -0.2) is 4.98 Å². The van der Waals surface area contributed by atoms with Gasteiger partial charge >= 0.3 is 0 Å². The summed E-state index contributed by atoms with van der Waals surface area (Å²) in [6.45, 7) is 7.97. The Balaban J connectivity index is 2.20. The number of pyridine rings is 1. The van der Waals surface area contributed by atoms with Gasteiger partial charge in [0.05, 0.1) is 0 Å². The van der Waals surface area contributed by atoms with Crippen molar-refractivity contribution in [3.05, 3.63) is 66.0 Å². The van der Waals surface area contributed by atoms with Crippen molar-refractivity contribution in [1.82, 2.24) is 4.98 Å². The summed E-state index contributed by atoms with van der Waals surface area (Å²) in [5.74, 6) is 1.45. The molecule has 0 aliphatic rings. The van der Waals surface area contributed by atoms with Crippen molar-refractivity contribution < 1.29 is 4.74 Å². The van der Waals surface area contributed by atoms with E-state index >= 15 is 0 Å². The Morgan fingerprint density at radius 1 is 1.24 bits per heavy atom. The molecule has 1 aromatic carbocycles. The Morgan fingerprint density at radius 2 is 2.06 bits per heavy atom. The van der Waals surface area contributed by atoms with E-state index in [-0.39, 0.29) is 0 Å². The summed E-state index contributed by atoms with van der Waals surface area (Å²) in [6, 6.07) is 9.94. The van der Waals surface area contributed by atoms with Crippen LogP contribution in [0.2, 0.25) is 0 Å². The molecule has 0 saturated carbocycles. The number of benzene rings is 1. The van der Waals surface area contributed by atoms with E-state index in [0.29, 0.717) is 5.76 Å². The van der Waals surface area contributed by atoms with Crippen LogP contribution in [0.3, 0.4) is 0 Å². The number of aromatic nitrogens is 1. The van der Waals surface area contributed by atoms with Gasteiger partial charge in [-0.2, -0.15) is 0 Å². The van der Waals surface area contributed by atoms with Crippen molar-refractivity contribution >= 4 is 5.76 Å². The highest BCUT2D eigenvalue weighted by Gasteiger charge is 2.04. The average molecular weight is 225 g/mol. The summed E-state index contributed by atoms with van der Waals surface area (Å²) < 4.78 is 5.75. The first-order valence-electron chi connectivity index (χ1n) is 5.51. The molecular formula is C15H15NO. The zero-order chi connectivity index (χ0) is 12.3. The first-order valence-corrected chi connectivity index (χ1v) is 5.51. The van der Waals surface area contributed by atoms with Gasteiger partial charge in [-0.3, -0.25) is 4.98 Å². The van der Waals surface area contributed by atoms with Gasteiger partial charge in [0.2, 0.25) is 0 Å². The van der Waals surface area contributed by atoms with Crippen LogP contribution in [0.4, 0.5) is 0 Å². The molecule has 0 atom stereocenters. The van der Waals surface area contributed by atoms with Gasteiger partial charge in [-0.1, -0.05) is 30.3 Å². The minimum absolute atomic E-state index is 0.656. The molecule has 2 heteroatoms. The fourth-order valence-electron chi connectivity index (χ4n) is 1.59. The number of aryl methyl sites for hydroxylation is 2. The van der Waals surface area contributed by atoms with Gasteiger partial charge < -0.3 is 4.74 Å². The fraction of sp³-hybridized carbons (Fsp3) is 0.133. The van der Waals surface area contributed by atoms with Gasteiger partial charge in [0.15, 0.2) is 0 Å². The lowest BCUT2D eigenvalue weighted by atomic mass is 10.1. The Hall–Kier alpha value is -2.09. The first-order chi connectivity index (χ1) is 8.16. The third-order valence-electron chi connectivity index (χ3n) is 2.54. The summed E-state index contributed by atoms with van der Waals surface area (Å²) in [7, 11) is 0. The maximum Gasteiger partial charge on any atom is 0.133 e. The molecule has 0 bridgehead atoms. The number of rotatable bonds is 3. The van der Waals surface area contributed by atoms with Gasteiger partial charge in [-0.15, -0.1) is 0 Å². The van der Waals surface area contributed by atoms with Crippen LogP contribution < -0.4 is 4.74 Å². The lowest BCUT2D eigenvalue weighted by Crippen LogP contribution is -1.95. The van der Waals surface area contributed by atoms with Crippen LogP contribution >= 0.6 is 0 Å². The lowest BCUT2D eigenvalue weighted by Gasteiger charge is -2.11. The van der Waals surface area contributed by atoms with E-state index in [1.807, 2.05) is 25.1 Å². The molecule has 17 heavy (non-hydrogen) atoms. The second-order valence-corrected chi connectivity index (χ2v) is 4.04. The van der Waals surface area contributed by atoms with E-state index in [1.165, 1.54) is 5.56 Å². The zero-order valence-electron chi connectivity index (χ0n) is 10.1. The highest BCUT2D eigenvalue weighted by molar-refractivity contribution is 5.60. The fourth-order valence-corrected chi connectivity index (χ4v) is 1.59. The normalized spacial score (nSPS) is 10.0. The summed E-state index contributed by atoms with van der Waals surface area (Å²) >= 11 is 0. The smallest absolute Gasteiger partial charge is 0.133 e. The molecule has 2 nitrogen and oxygen atoms in total. The van der Waals surface area contributed by atoms with Crippen LogP contribution in [0.15, 0.2) is 49.3 Å². The SMILES string of the molecule is C=C(Oc1ccncc1C)c1cccc(C)c1. The Labute approximate surface area is 102 Å². The summed E-state index contributed by atoms with van der Waals surface area (Å²) in [5, 5.41) is 0. The number of nitrogens with zero attached hydrogens (tertiary/aromatic N) is 1. The summed E-state index contributed by atoms with van der Waals surface area (Å²) in [5.41, 5.74) is 3.20. The van der Waals surface area contributed by atoms with E-state index in [2.05, 4.69) is 30.6 Å². The van der Waals surface area contributed by atoms with Crippen LogP contribution in [-0.2, 0) is 0 Å². The molecule has 1 heterocycles. The summed E-state index contributed by atoms with van der Waals surface area (Å²) in [4.78, 5) is 4.03. The molecule has 2 aromatic rings. The van der Waals surface area contributed by atoms with E-state index in [0.717, 1.165) is 16.9 Å². The van der Waals surface area contributed by atoms with Gasteiger partial charge in [0.25, 0.3) is 0 Å². The van der Waals surface area contributed by atoms with E-state index < -0.39 is 0 Å². The van der Waals surface area contributed by atoms with E-state index in [4.69, 9.17) is 4.74 Å². The monoisotopic (exact) mass is 225 g/mol. The van der Waals surface area contributed by atoms with Gasteiger partial charge in [-0.05, 0) is 26.0 Å². The predicted octanol–water partition coefficient (Wildman–Crippen LogP) is 3.75. The van der Waals surface area contributed by atoms with Crippen molar-refractivity contribution in [2.24, 2.45) is 0 Å². The topological polar surface area (TPSA) is 22.1 Å². The van der Waals surface area contributed by atoms with Crippen LogP contribution in [0.5, 0.6) is 5.75 Å². The quantitative estimate of drug-likeness (QED) is 0.742. The van der Waals surface area contributed by atoms with Gasteiger partial charge in [0.1, 0.15) is 11.5 Å².